The maximum Gasteiger partial charge on any atom is 0.116 e. The minimum Gasteiger partial charge on any atom is -0.508 e. The van der Waals surface area contributed by atoms with Gasteiger partial charge in [-0.3, -0.25) is 0 Å². The van der Waals surface area contributed by atoms with E-state index in [2.05, 4.69) is 12.1 Å². The molecule has 0 aliphatic heterocycles. The highest BCUT2D eigenvalue weighted by Crippen LogP contribution is 2.29. The summed E-state index contributed by atoms with van der Waals surface area (Å²) in [6.07, 6.45) is 0. The first kappa shape index (κ1) is 9.78. The molecule has 0 saturated carbocycles. The summed E-state index contributed by atoms with van der Waals surface area (Å²) in [4.78, 5) is 0. The van der Waals surface area contributed by atoms with E-state index in [0.717, 1.165) is 11.1 Å². The quantitative estimate of drug-likeness (QED) is 0.741. The lowest BCUT2D eigenvalue weighted by molar-refractivity contribution is 0.474. The van der Waals surface area contributed by atoms with E-state index in [9.17, 15) is 5.11 Å². The van der Waals surface area contributed by atoms with Crippen molar-refractivity contribution in [1.29, 1.82) is 0 Å². The van der Waals surface area contributed by atoms with Crippen LogP contribution in [-0.4, -0.2) is 5.11 Å². The summed E-state index contributed by atoms with van der Waals surface area (Å²) >= 11 is 0. The second kappa shape index (κ2) is 3.77. The van der Waals surface area contributed by atoms with Crippen molar-refractivity contribution in [1.82, 2.24) is 0 Å². The van der Waals surface area contributed by atoms with E-state index in [1.807, 2.05) is 32.0 Å². The fraction of sp³-hybridized carbons (Fsp3) is 0.143. The summed E-state index contributed by atoms with van der Waals surface area (Å²) in [6, 6.07) is 13.8. The zero-order valence-corrected chi connectivity index (χ0v) is 8.99. The number of rotatable bonds is 1. The molecule has 0 heterocycles. The first-order valence-corrected chi connectivity index (χ1v) is 5.04. The summed E-state index contributed by atoms with van der Waals surface area (Å²) < 4.78 is 0. The standard InChI is InChI=1S/C14H14O/c1-10-8-13(15)9-11(2)14(10)12-6-4-3-5-7-12/h3-9,15H,1-2H3. The number of aryl methyl sites for hydroxylation is 2. The lowest BCUT2D eigenvalue weighted by Crippen LogP contribution is -1.87. The lowest BCUT2D eigenvalue weighted by Gasteiger charge is -2.10. The van der Waals surface area contributed by atoms with Crippen LogP contribution in [0.5, 0.6) is 5.75 Å². The summed E-state index contributed by atoms with van der Waals surface area (Å²) in [5, 5.41) is 9.47. The van der Waals surface area contributed by atoms with Crippen LogP contribution in [0.15, 0.2) is 42.5 Å². The molecule has 0 spiro atoms. The van der Waals surface area contributed by atoms with Gasteiger partial charge >= 0.3 is 0 Å². The van der Waals surface area contributed by atoms with Crippen LogP contribution in [0.4, 0.5) is 0 Å². The second-order valence-corrected chi connectivity index (χ2v) is 3.82. The summed E-state index contributed by atoms with van der Waals surface area (Å²) in [5.74, 6) is 0.338. The Labute approximate surface area is 90.0 Å². The smallest absolute Gasteiger partial charge is 0.116 e. The third kappa shape index (κ3) is 1.86. The molecule has 0 amide bonds. The van der Waals surface area contributed by atoms with Crippen LogP contribution in [0.3, 0.4) is 0 Å². The Hall–Kier alpha value is -1.76. The Kier molecular flexibility index (Phi) is 2.46. The fourth-order valence-electron chi connectivity index (χ4n) is 2.00. The number of hydrogen-bond donors (Lipinski definition) is 1. The molecule has 0 radical (unpaired) electrons. The van der Waals surface area contributed by atoms with Crippen molar-refractivity contribution in [3.05, 3.63) is 53.6 Å². The van der Waals surface area contributed by atoms with Crippen molar-refractivity contribution >= 4 is 0 Å². The van der Waals surface area contributed by atoms with E-state index in [1.165, 1.54) is 11.1 Å². The molecule has 2 aromatic carbocycles. The van der Waals surface area contributed by atoms with Gasteiger partial charge in [-0.1, -0.05) is 30.3 Å². The molecular weight excluding hydrogens is 184 g/mol. The molecule has 0 atom stereocenters. The second-order valence-electron chi connectivity index (χ2n) is 3.82. The highest BCUT2D eigenvalue weighted by atomic mass is 16.3. The topological polar surface area (TPSA) is 20.2 Å². The summed E-state index contributed by atoms with van der Waals surface area (Å²) in [6.45, 7) is 4.05. The number of phenols is 1. The Morgan fingerprint density at radius 1 is 0.867 bits per heavy atom. The van der Waals surface area contributed by atoms with Gasteiger partial charge in [0.25, 0.3) is 0 Å². The van der Waals surface area contributed by atoms with Crippen LogP contribution < -0.4 is 0 Å². The number of aromatic hydroxyl groups is 1. The van der Waals surface area contributed by atoms with Gasteiger partial charge in [0.05, 0.1) is 0 Å². The average Bonchev–Trinajstić information content (AvgIpc) is 2.17. The van der Waals surface area contributed by atoms with Gasteiger partial charge in [0.1, 0.15) is 5.75 Å². The number of phenolic OH excluding ortho intramolecular Hbond substituents is 1. The molecule has 0 bridgehead atoms. The van der Waals surface area contributed by atoms with Gasteiger partial charge in [0, 0.05) is 0 Å². The molecule has 2 aromatic rings. The molecule has 0 fully saturated rings. The van der Waals surface area contributed by atoms with Gasteiger partial charge in [0.2, 0.25) is 0 Å². The largest absolute Gasteiger partial charge is 0.508 e. The van der Waals surface area contributed by atoms with Crippen molar-refractivity contribution in [2.45, 2.75) is 13.8 Å². The van der Waals surface area contributed by atoms with Gasteiger partial charge in [-0.25, -0.2) is 0 Å². The van der Waals surface area contributed by atoms with Crippen molar-refractivity contribution < 1.29 is 5.11 Å². The van der Waals surface area contributed by atoms with Crippen molar-refractivity contribution in [2.75, 3.05) is 0 Å². The molecule has 2 rings (SSSR count). The molecular formula is C14H14O. The van der Waals surface area contributed by atoms with Crippen molar-refractivity contribution in [3.63, 3.8) is 0 Å². The lowest BCUT2D eigenvalue weighted by atomic mass is 9.95. The predicted octanol–water partition coefficient (Wildman–Crippen LogP) is 3.68. The number of benzene rings is 2. The van der Waals surface area contributed by atoms with Crippen molar-refractivity contribution in [2.24, 2.45) is 0 Å². The monoisotopic (exact) mass is 198 g/mol. The molecule has 0 unspecified atom stereocenters. The number of hydrogen-bond acceptors (Lipinski definition) is 1. The highest BCUT2D eigenvalue weighted by molar-refractivity contribution is 5.71. The molecule has 0 aliphatic rings. The first-order chi connectivity index (χ1) is 7.18. The van der Waals surface area contributed by atoms with Gasteiger partial charge in [-0.05, 0) is 48.2 Å². The molecule has 0 saturated heterocycles. The fourth-order valence-corrected chi connectivity index (χ4v) is 2.00. The van der Waals surface area contributed by atoms with Crippen LogP contribution in [0.2, 0.25) is 0 Å². The minimum atomic E-state index is 0.338. The maximum absolute atomic E-state index is 9.47. The highest BCUT2D eigenvalue weighted by Gasteiger charge is 2.06. The van der Waals surface area contributed by atoms with Crippen LogP contribution in [-0.2, 0) is 0 Å². The van der Waals surface area contributed by atoms with Gasteiger partial charge in [-0.15, -0.1) is 0 Å². The van der Waals surface area contributed by atoms with Crippen molar-refractivity contribution in [3.8, 4) is 16.9 Å². The average molecular weight is 198 g/mol. The molecule has 76 valence electrons. The third-order valence-electron chi connectivity index (χ3n) is 2.58. The van der Waals surface area contributed by atoms with Gasteiger partial charge in [0.15, 0.2) is 0 Å². The van der Waals surface area contributed by atoms with E-state index in [-0.39, 0.29) is 0 Å². The summed E-state index contributed by atoms with van der Waals surface area (Å²) in [7, 11) is 0. The van der Waals surface area contributed by atoms with Crippen LogP contribution in [0, 0.1) is 13.8 Å². The maximum atomic E-state index is 9.47. The minimum absolute atomic E-state index is 0.338. The first-order valence-electron chi connectivity index (χ1n) is 5.04. The van der Waals surface area contributed by atoms with E-state index in [0.29, 0.717) is 5.75 Å². The molecule has 1 heteroatoms. The molecule has 1 nitrogen and oxygen atoms in total. The SMILES string of the molecule is Cc1cc(O)cc(C)c1-c1ccccc1. The van der Waals surface area contributed by atoms with Gasteiger partial charge in [-0.2, -0.15) is 0 Å². The Balaban J connectivity index is 2.64. The van der Waals surface area contributed by atoms with Crippen LogP contribution >= 0.6 is 0 Å². The molecule has 15 heavy (non-hydrogen) atoms. The molecule has 1 N–H and O–H groups in total. The van der Waals surface area contributed by atoms with Crippen LogP contribution in [0.1, 0.15) is 11.1 Å². The van der Waals surface area contributed by atoms with E-state index >= 15 is 0 Å². The van der Waals surface area contributed by atoms with Gasteiger partial charge < -0.3 is 5.11 Å². The Morgan fingerprint density at radius 2 is 1.40 bits per heavy atom. The Bertz CT molecular complexity index is 449. The van der Waals surface area contributed by atoms with Crippen LogP contribution in [0.25, 0.3) is 11.1 Å². The zero-order chi connectivity index (χ0) is 10.8. The Morgan fingerprint density at radius 3 is 1.93 bits per heavy atom. The molecule has 0 aliphatic carbocycles. The van der Waals surface area contributed by atoms with E-state index in [1.54, 1.807) is 12.1 Å². The predicted molar refractivity (Wildman–Crippen MR) is 63.0 cm³/mol. The zero-order valence-electron chi connectivity index (χ0n) is 8.99. The third-order valence-corrected chi connectivity index (χ3v) is 2.58. The van der Waals surface area contributed by atoms with E-state index in [4.69, 9.17) is 0 Å². The summed E-state index contributed by atoms with van der Waals surface area (Å²) in [5.41, 5.74) is 4.64. The normalized spacial score (nSPS) is 10.3. The molecule has 0 aromatic heterocycles. The van der Waals surface area contributed by atoms with E-state index < -0.39 is 0 Å².